The van der Waals surface area contributed by atoms with Gasteiger partial charge in [0, 0.05) is 10.6 Å². The van der Waals surface area contributed by atoms with E-state index in [4.69, 9.17) is 43.7 Å². The third-order valence-electron chi connectivity index (χ3n) is 3.36. The van der Waals surface area contributed by atoms with Gasteiger partial charge in [-0.05, 0) is 36.8 Å². The highest BCUT2D eigenvalue weighted by molar-refractivity contribution is 6.32. The van der Waals surface area contributed by atoms with Crippen LogP contribution in [-0.4, -0.2) is 12.5 Å². The van der Waals surface area contributed by atoms with Crippen molar-refractivity contribution in [3.63, 3.8) is 0 Å². The molecule has 1 amide bonds. The first-order valence-corrected chi connectivity index (χ1v) is 8.46. The van der Waals surface area contributed by atoms with Gasteiger partial charge in [0.15, 0.2) is 11.5 Å². The van der Waals surface area contributed by atoms with Crippen LogP contribution in [0, 0.1) is 11.3 Å². The molecular formula is C19H16Cl2N2O3. The van der Waals surface area contributed by atoms with Gasteiger partial charge in [-0.3, -0.25) is 4.79 Å². The number of ether oxygens (including phenoxy) is 2. The molecule has 7 heteroatoms. The number of primary amides is 1. The fraction of sp³-hybridized carbons (Fsp3) is 0.158. The molecule has 26 heavy (non-hydrogen) atoms. The quantitative estimate of drug-likeness (QED) is 0.561. The minimum Gasteiger partial charge on any atom is -0.490 e. The van der Waals surface area contributed by atoms with Crippen LogP contribution < -0.4 is 15.2 Å². The topological polar surface area (TPSA) is 85.3 Å². The lowest BCUT2D eigenvalue weighted by Gasteiger charge is -2.15. The van der Waals surface area contributed by atoms with Crippen molar-refractivity contribution in [2.24, 2.45) is 5.73 Å². The molecule has 0 aliphatic rings. The van der Waals surface area contributed by atoms with Crippen LogP contribution in [0.2, 0.25) is 10.0 Å². The lowest BCUT2D eigenvalue weighted by molar-refractivity contribution is -0.114. The van der Waals surface area contributed by atoms with E-state index in [1.807, 2.05) is 25.1 Å². The lowest BCUT2D eigenvalue weighted by atomic mass is 10.1. The van der Waals surface area contributed by atoms with E-state index in [0.29, 0.717) is 28.7 Å². The van der Waals surface area contributed by atoms with Crippen molar-refractivity contribution < 1.29 is 14.3 Å². The van der Waals surface area contributed by atoms with Crippen molar-refractivity contribution in [2.75, 3.05) is 6.61 Å². The van der Waals surface area contributed by atoms with E-state index < -0.39 is 5.91 Å². The van der Waals surface area contributed by atoms with Gasteiger partial charge in [0.1, 0.15) is 18.2 Å². The van der Waals surface area contributed by atoms with E-state index >= 15 is 0 Å². The number of hydrogen-bond donors (Lipinski definition) is 1. The summed E-state index contributed by atoms with van der Waals surface area (Å²) in [4.78, 5) is 11.2. The van der Waals surface area contributed by atoms with Crippen molar-refractivity contribution in [3.05, 3.63) is 63.1 Å². The summed E-state index contributed by atoms with van der Waals surface area (Å²) in [5.74, 6) is -0.0798. The van der Waals surface area contributed by atoms with Gasteiger partial charge in [-0.15, -0.1) is 0 Å². The summed E-state index contributed by atoms with van der Waals surface area (Å²) in [6.45, 7) is 2.41. The molecule has 2 N–H and O–H groups in total. The molecular weight excluding hydrogens is 375 g/mol. The molecule has 2 aromatic carbocycles. The molecule has 0 radical (unpaired) electrons. The van der Waals surface area contributed by atoms with E-state index in [2.05, 4.69) is 0 Å². The van der Waals surface area contributed by atoms with Crippen LogP contribution in [0.4, 0.5) is 0 Å². The van der Waals surface area contributed by atoms with Gasteiger partial charge in [0.05, 0.1) is 11.6 Å². The summed E-state index contributed by atoms with van der Waals surface area (Å²) in [7, 11) is 0. The van der Waals surface area contributed by atoms with Crippen LogP contribution in [0.25, 0.3) is 6.08 Å². The molecule has 0 aliphatic heterocycles. The molecule has 0 aliphatic carbocycles. The Hall–Kier alpha value is -2.68. The molecule has 0 unspecified atom stereocenters. The number of rotatable bonds is 7. The minimum atomic E-state index is -0.819. The number of nitrogens with two attached hydrogens (primary N) is 1. The Morgan fingerprint density at radius 1 is 1.23 bits per heavy atom. The highest BCUT2D eigenvalue weighted by Gasteiger charge is 2.14. The maximum Gasteiger partial charge on any atom is 0.259 e. The zero-order valence-corrected chi connectivity index (χ0v) is 15.5. The number of carbonyl (C=O) groups excluding carboxylic acids is 1. The molecule has 0 aromatic heterocycles. The van der Waals surface area contributed by atoms with Crippen LogP contribution in [-0.2, 0) is 11.4 Å². The number of amides is 1. The SMILES string of the molecule is CCOc1cc(/C=C(\C#N)C(N)=O)cc(Cl)c1OCc1ccccc1Cl. The molecule has 0 heterocycles. The van der Waals surface area contributed by atoms with E-state index in [-0.39, 0.29) is 17.2 Å². The smallest absolute Gasteiger partial charge is 0.259 e. The molecule has 0 saturated carbocycles. The van der Waals surface area contributed by atoms with Crippen molar-refractivity contribution in [1.29, 1.82) is 5.26 Å². The molecule has 2 aromatic rings. The van der Waals surface area contributed by atoms with Crippen LogP contribution in [0.15, 0.2) is 42.0 Å². The fourth-order valence-corrected chi connectivity index (χ4v) is 2.63. The van der Waals surface area contributed by atoms with Gasteiger partial charge >= 0.3 is 0 Å². The van der Waals surface area contributed by atoms with Gasteiger partial charge in [0.2, 0.25) is 0 Å². The minimum absolute atomic E-state index is 0.187. The average Bonchev–Trinajstić information content (AvgIpc) is 2.60. The predicted molar refractivity (Wildman–Crippen MR) is 101 cm³/mol. The second-order valence-electron chi connectivity index (χ2n) is 5.18. The predicted octanol–water partition coefficient (Wildman–Crippen LogP) is 4.36. The van der Waals surface area contributed by atoms with E-state index in [1.165, 1.54) is 6.08 Å². The largest absolute Gasteiger partial charge is 0.490 e. The molecule has 0 bridgehead atoms. The lowest BCUT2D eigenvalue weighted by Crippen LogP contribution is -2.12. The first-order valence-electron chi connectivity index (χ1n) is 7.70. The molecule has 0 atom stereocenters. The molecule has 5 nitrogen and oxygen atoms in total. The Morgan fingerprint density at radius 3 is 2.58 bits per heavy atom. The zero-order chi connectivity index (χ0) is 19.1. The monoisotopic (exact) mass is 390 g/mol. The Labute approximate surface area is 161 Å². The highest BCUT2D eigenvalue weighted by Crippen LogP contribution is 2.38. The summed E-state index contributed by atoms with van der Waals surface area (Å²) in [6.07, 6.45) is 1.34. The number of nitriles is 1. The maximum absolute atomic E-state index is 11.2. The number of hydrogen-bond acceptors (Lipinski definition) is 4. The normalized spacial score (nSPS) is 10.9. The Bertz CT molecular complexity index is 889. The summed E-state index contributed by atoms with van der Waals surface area (Å²) < 4.78 is 11.4. The molecule has 0 fully saturated rings. The third kappa shape index (κ3) is 4.92. The van der Waals surface area contributed by atoms with E-state index in [0.717, 1.165) is 5.56 Å². The summed E-state index contributed by atoms with van der Waals surface area (Å²) in [6, 6.07) is 12.2. The van der Waals surface area contributed by atoms with Crippen LogP contribution in [0.3, 0.4) is 0 Å². The Kier molecular flexibility index (Phi) is 6.90. The standard InChI is InChI=1S/C19H16Cl2N2O3/c1-2-25-17-9-12(7-14(10-22)19(23)24)8-16(21)18(17)26-11-13-5-3-4-6-15(13)20/h3-9H,2,11H2,1H3,(H2,23,24)/b14-7+. The summed E-state index contributed by atoms with van der Waals surface area (Å²) in [5, 5.41) is 9.83. The highest BCUT2D eigenvalue weighted by atomic mass is 35.5. The molecule has 0 spiro atoms. The van der Waals surface area contributed by atoms with Crippen molar-refractivity contribution in [1.82, 2.24) is 0 Å². The first kappa shape index (κ1) is 19.6. The van der Waals surface area contributed by atoms with Crippen LogP contribution >= 0.6 is 23.2 Å². The van der Waals surface area contributed by atoms with Crippen molar-refractivity contribution in [3.8, 4) is 17.6 Å². The van der Waals surface area contributed by atoms with Crippen LogP contribution in [0.5, 0.6) is 11.5 Å². The fourth-order valence-electron chi connectivity index (χ4n) is 2.16. The second-order valence-corrected chi connectivity index (χ2v) is 5.99. The molecule has 134 valence electrons. The summed E-state index contributed by atoms with van der Waals surface area (Å²) >= 11 is 12.4. The number of nitrogens with zero attached hydrogens (tertiary/aromatic N) is 1. The van der Waals surface area contributed by atoms with Gasteiger partial charge in [-0.1, -0.05) is 41.4 Å². The zero-order valence-electron chi connectivity index (χ0n) is 14.0. The average molecular weight is 391 g/mol. The van der Waals surface area contributed by atoms with E-state index in [9.17, 15) is 4.79 Å². The van der Waals surface area contributed by atoms with Crippen LogP contribution in [0.1, 0.15) is 18.1 Å². The van der Waals surface area contributed by atoms with Crippen molar-refractivity contribution >= 4 is 35.2 Å². The third-order valence-corrected chi connectivity index (χ3v) is 4.01. The van der Waals surface area contributed by atoms with Crippen molar-refractivity contribution in [2.45, 2.75) is 13.5 Å². The van der Waals surface area contributed by atoms with Gasteiger partial charge in [0.25, 0.3) is 5.91 Å². The number of carbonyl (C=O) groups is 1. The molecule has 2 rings (SSSR count). The second kappa shape index (κ2) is 9.14. The van der Waals surface area contributed by atoms with Gasteiger partial charge in [-0.2, -0.15) is 5.26 Å². The first-order chi connectivity index (χ1) is 12.5. The number of benzene rings is 2. The van der Waals surface area contributed by atoms with Gasteiger partial charge < -0.3 is 15.2 Å². The maximum atomic E-state index is 11.2. The number of halogens is 2. The van der Waals surface area contributed by atoms with E-state index in [1.54, 1.807) is 24.3 Å². The summed E-state index contributed by atoms with van der Waals surface area (Å²) in [5.41, 5.74) is 6.27. The Balaban J connectivity index is 2.36. The molecule has 0 saturated heterocycles. The Morgan fingerprint density at radius 2 is 1.96 bits per heavy atom. The van der Waals surface area contributed by atoms with Gasteiger partial charge in [-0.25, -0.2) is 0 Å².